The van der Waals surface area contributed by atoms with Crippen molar-refractivity contribution in [2.24, 2.45) is 0 Å². The Labute approximate surface area is 129 Å². The molecule has 1 amide bonds. The van der Waals surface area contributed by atoms with E-state index >= 15 is 0 Å². The molecule has 1 heterocycles. The van der Waals surface area contributed by atoms with Crippen LogP contribution in [0.3, 0.4) is 0 Å². The second-order valence-electron chi connectivity index (χ2n) is 4.91. The molecular formula is C17H11F3N2O. The van der Waals surface area contributed by atoms with E-state index in [-0.39, 0.29) is 11.4 Å². The van der Waals surface area contributed by atoms with Gasteiger partial charge >= 0.3 is 6.18 Å². The number of nitrogens with zero attached hydrogens (tertiary/aromatic N) is 1. The zero-order valence-electron chi connectivity index (χ0n) is 11.8. The van der Waals surface area contributed by atoms with Crippen molar-refractivity contribution in [3.63, 3.8) is 0 Å². The fraction of sp³-hybridized carbons (Fsp3) is 0.0588. The van der Waals surface area contributed by atoms with Crippen LogP contribution in [-0.2, 0) is 6.18 Å². The lowest BCUT2D eigenvalue weighted by molar-refractivity contribution is -0.137. The van der Waals surface area contributed by atoms with Gasteiger partial charge in [-0.2, -0.15) is 13.2 Å². The van der Waals surface area contributed by atoms with E-state index < -0.39 is 17.6 Å². The summed E-state index contributed by atoms with van der Waals surface area (Å²) in [5.74, 6) is -0.471. The Balaban J connectivity index is 1.86. The third-order valence-electron chi connectivity index (χ3n) is 3.36. The number of fused-ring (bicyclic) bond motifs is 1. The molecule has 0 aliphatic carbocycles. The highest BCUT2D eigenvalue weighted by molar-refractivity contribution is 6.11. The summed E-state index contributed by atoms with van der Waals surface area (Å²) in [6.07, 6.45) is -2.89. The van der Waals surface area contributed by atoms with Crippen molar-refractivity contribution in [2.45, 2.75) is 6.18 Å². The van der Waals surface area contributed by atoms with Crippen LogP contribution in [0.5, 0.6) is 0 Å². The van der Waals surface area contributed by atoms with Gasteiger partial charge in [0, 0.05) is 17.3 Å². The molecule has 0 aliphatic heterocycles. The second kappa shape index (κ2) is 5.72. The fourth-order valence-electron chi connectivity index (χ4n) is 2.23. The summed E-state index contributed by atoms with van der Waals surface area (Å²) in [6.45, 7) is 0. The van der Waals surface area contributed by atoms with Crippen molar-refractivity contribution in [1.29, 1.82) is 0 Å². The number of carbonyl (C=O) groups excluding carboxylic acids is 1. The van der Waals surface area contributed by atoms with Gasteiger partial charge in [-0.3, -0.25) is 9.78 Å². The van der Waals surface area contributed by atoms with Gasteiger partial charge < -0.3 is 5.32 Å². The molecule has 0 saturated carbocycles. The van der Waals surface area contributed by atoms with Gasteiger partial charge in [-0.1, -0.05) is 24.3 Å². The molecule has 2 aromatic carbocycles. The Morgan fingerprint density at radius 3 is 2.35 bits per heavy atom. The van der Waals surface area contributed by atoms with Crippen LogP contribution in [0.15, 0.2) is 60.8 Å². The maximum atomic E-state index is 12.5. The van der Waals surface area contributed by atoms with Gasteiger partial charge in [0.15, 0.2) is 0 Å². The lowest BCUT2D eigenvalue weighted by Crippen LogP contribution is -2.14. The number of aromatic nitrogens is 1. The summed E-state index contributed by atoms with van der Waals surface area (Å²) in [5, 5.41) is 4.10. The number of anilines is 1. The van der Waals surface area contributed by atoms with Gasteiger partial charge in [-0.15, -0.1) is 0 Å². The quantitative estimate of drug-likeness (QED) is 0.756. The van der Waals surface area contributed by atoms with Crippen LogP contribution in [0.25, 0.3) is 10.8 Å². The molecule has 3 nitrogen and oxygen atoms in total. The predicted molar refractivity (Wildman–Crippen MR) is 81.1 cm³/mol. The summed E-state index contributed by atoms with van der Waals surface area (Å²) in [6, 6.07) is 13.3. The molecule has 3 aromatic rings. The molecule has 3 rings (SSSR count). The largest absolute Gasteiger partial charge is 0.416 e. The lowest BCUT2D eigenvalue weighted by atomic mass is 10.1. The van der Waals surface area contributed by atoms with Crippen LogP contribution in [0, 0.1) is 0 Å². The summed E-state index contributed by atoms with van der Waals surface area (Å²) in [7, 11) is 0. The molecular weight excluding hydrogens is 305 g/mol. The van der Waals surface area contributed by atoms with E-state index in [1.165, 1.54) is 18.3 Å². The Hall–Kier alpha value is -2.89. The topological polar surface area (TPSA) is 42.0 Å². The van der Waals surface area contributed by atoms with Crippen molar-refractivity contribution < 1.29 is 18.0 Å². The predicted octanol–water partition coefficient (Wildman–Crippen LogP) is 4.51. The molecule has 0 atom stereocenters. The molecule has 6 heteroatoms. The standard InChI is InChI=1S/C17H11F3N2O/c18-17(19,20)12-5-7-13(8-6-12)22-16(23)15-14-4-2-1-3-11(14)9-10-21-15/h1-10H,(H,22,23). The first-order chi connectivity index (χ1) is 10.9. The first-order valence-corrected chi connectivity index (χ1v) is 6.77. The molecule has 0 saturated heterocycles. The van der Waals surface area contributed by atoms with Gasteiger partial charge in [0.05, 0.1) is 5.56 Å². The number of halogens is 3. The number of alkyl halides is 3. The zero-order chi connectivity index (χ0) is 16.4. The van der Waals surface area contributed by atoms with Crippen molar-refractivity contribution in [1.82, 2.24) is 4.98 Å². The first-order valence-electron chi connectivity index (χ1n) is 6.77. The number of nitrogens with one attached hydrogen (secondary N) is 1. The van der Waals surface area contributed by atoms with Gasteiger partial charge in [0.2, 0.25) is 0 Å². The number of carbonyl (C=O) groups is 1. The minimum Gasteiger partial charge on any atom is -0.321 e. The SMILES string of the molecule is O=C(Nc1ccc(C(F)(F)F)cc1)c1nccc2ccccc12. The fourth-order valence-corrected chi connectivity index (χ4v) is 2.23. The molecule has 1 N–H and O–H groups in total. The third-order valence-corrected chi connectivity index (χ3v) is 3.36. The third kappa shape index (κ3) is 3.15. The number of amides is 1. The summed E-state index contributed by atoms with van der Waals surface area (Å²) < 4.78 is 37.6. The van der Waals surface area contributed by atoms with Crippen molar-refractivity contribution in [2.75, 3.05) is 5.32 Å². The molecule has 0 aliphatic rings. The van der Waals surface area contributed by atoms with E-state index in [2.05, 4.69) is 10.3 Å². The molecule has 0 radical (unpaired) electrons. The molecule has 116 valence electrons. The van der Waals surface area contributed by atoms with Crippen molar-refractivity contribution >= 4 is 22.4 Å². The highest BCUT2D eigenvalue weighted by Gasteiger charge is 2.30. The normalized spacial score (nSPS) is 11.4. The summed E-state index contributed by atoms with van der Waals surface area (Å²) in [4.78, 5) is 16.4. The van der Waals surface area contributed by atoms with E-state index in [9.17, 15) is 18.0 Å². The van der Waals surface area contributed by atoms with Crippen LogP contribution < -0.4 is 5.32 Å². The summed E-state index contributed by atoms with van der Waals surface area (Å²) >= 11 is 0. The van der Waals surface area contributed by atoms with Gasteiger partial charge in [0.1, 0.15) is 5.69 Å². The second-order valence-corrected chi connectivity index (χ2v) is 4.91. The molecule has 23 heavy (non-hydrogen) atoms. The first kappa shape index (κ1) is 15.0. The lowest BCUT2D eigenvalue weighted by Gasteiger charge is -2.09. The number of hydrogen-bond acceptors (Lipinski definition) is 2. The van der Waals surface area contributed by atoms with E-state index in [1.54, 1.807) is 18.2 Å². The van der Waals surface area contributed by atoms with Gasteiger partial charge in [0.25, 0.3) is 5.91 Å². The van der Waals surface area contributed by atoms with Crippen LogP contribution in [0.2, 0.25) is 0 Å². The Morgan fingerprint density at radius 1 is 0.957 bits per heavy atom. The monoisotopic (exact) mass is 316 g/mol. The highest BCUT2D eigenvalue weighted by Crippen LogP contribution is 2.30. The zero-order valence-corrected chi connectivity index (χ0v) is 11.8. The number of hydrogen-bond donors (Lipinski definition) is 1. The number of rotatable bonds is 2. The van der Waals surface area contributed by atoms with E-state index in [1.807, 2.05) is 12.1 Å². The molecule has 0 unspecified atom stereocenters. The molecule has 1 aromatic heterocycles. The molecule has 0 fully saturated rings. The van der Waals surface area contributed by atoms with Crippen molar-refractivity contribution in [3.8, 4) is 0 Å². The summed E-state index contributed by atoms with van der Waals surface area (Å²) in [5.41, 5.74) is -0.264. The maximum Gasteiger partial charge on any atom is 0.416 e. The van der Waals surface area contributed by atoms with Crippen molar-refractivity contribution in [3.05, 3.63) is 72.1 Å². The van der Waals surface area contributed by atoms with Crippen LogP contribution in [0.4, 0.5) is 18.9 Å². The van der Waals surface area contributed by atoms with E-state index in [4.69, 9.17) is 0 Å². The Bertz CT molecular complexity index is 852. The molecule has 0 spiro atoms. The van der Waals surface area contributed by atoms with Crippen LogP contribution in [-0.4, -0.2) is 10.9 Å². The minimum absolute atomic E-state index is 0.225. The minimum atomic E-state index is -4.40. The van der Waals surface area contributed by atoms with Gasteiger partial charge in [-0.05, 0) is 35.7 Å². The van der Waals surface area contributed by atoms with E-state index in [0.29, 0.717) is 5.39 Å². The van der Waals surface area contributed by atoms with E-state index in [0.717, 1.165) is 17.5 Å². The molecule has 0 bridgehead atoms. The Kier molecular flexibility index (Phi) is 3.73. The maximum absolute atomic E-state index is 12.5. The smallest absolute Gasteiger partial charge is 0.321 e. The highest BCUT2D eigenvalue weighted by atomic mass is 19.4. The number of pyridine rings is 1. The average Bonchev–Trinajstić information content (AvgIpc) is 2.54. The van der Waals surface area contributed by atoms with Crippen LogP contribution >= 0.6 is 0 Å². The van der Waals surface area contributed by atoms with Gasteiger partial charge in [-0.25, -0.2) is 0 Å². The Morgan fingerprint density at radius 2 is 1.65 bits per heavy atom. The number of benzene rings is 2. The average molecular weight is 316 g/mol. The van der Waals surface area contributed by atoms with Crippen LogP contribution in [0.1, 0.15) is 16.1 Å².